The van der Waals surface area contributed by atoms with E-state index in [1.807, 2.05) is 14.0 Å². The second kappa shape index (κ2) is 6.91. The monoisotopic (exact) mass is 284 g/mol. The van der Waals surface area contributed by atoms with Crippen LogP contribution in [0.1, 0.15) is 26.2 Å². The number of carbonyl (C=O) groups is 1. The summed E-state index contributed by atoms with van der Waals surface area (Å²) < 4.78 is 6.83. The quantitative estimate of drug-likeness (QED) is 0.567. The predicted octanol–water partition coefficient (Wildman–Crippen LogP) is 0.981. The van der Waals surface area contributed by atoms with Gasteiger partial charge in [-0.1, -0.05) is 11.8 Å². The van der Waals surface area contributed by atoms with Gasteiger partial charge in [0.1, 0.15) is 12.4 Å². The van der Waals surface area contributed by atoms with Crippen LogP contribution in [0.3, 0.4) is 0 Å². The molecule has 0 aliphatic heterocycles. The van der Waals surface area contributed by atoms with Crippen molar-refractivity contribution in [3.63, 3.8) is 0 Å². The first kappa shape index (κ1) is 14.3. The predicted molar refractivity (Wildman–Crippen MR) is 72.9 cm³/mol. The summed E-state index contributed by atoms with van der Waals surface area (Å²) in [5, 5.41) is 8.22. The third-order valence-electron chi connectivity index (χ3n) is 2.89. The smallest absolute Gasteiger partial charge is 0.323 e. The average molecular weight is 284 g/mol. The van der Waals surface area contributed by atoms with E-state index in [-0.39, 0.29) is 12.0 Å². The van der Waals surface area contributed by atoms with E-state index in [4.69, 9.17) is 4.74 Å². The maximum Gasteiger partial charge on any atom is 0.323 e. The summed E-state index contributed by atoms with van der Waals surface area (Å²) in [6.07, 6.45) is 4.60. The molecule has 1 aromatic rings. The Hall–Kier alpha value is -1.08. The zero-order chi connectivity index (χ0) is 13.7. The first-order valence-corrected chi connectivity index (χ1v) is 7.58. The Balaban J connectivity index is 1.78. The van der Waals surface area contributed by atoms with E-state index in [9.17, 15) is 4.79 Å². The summed E-state index contributed by atoms with van der Waals surface area (Å²) in [6, 6.07) is 0.294. The normalized spacial score (nSPS) is 16.3. The van der Waals surface area contributed by atoms with Crippen LogP contribution in [0.5, 0.6) is 0 Å². The fourth-order valence-corrected chi connectivity index (χ4v) is 2.62. The van der Waals surface area contributed by atoms with Crippen molar-refractivity contribution in [2.45, 2.75) is 43.4 Å². The van der Waals surface area contributed by atoms with Crippen molar-refractivity contribution in [1.29, 1.82) is 0 Å². The maximum absolute atomic E-state index is 11.8. The van der Waals surface area contributed by atoms with E-state index in [2.05, 4.69) is 15.4 Å². The van der Waals surface area contributed by atoms with Gasteiger partial charge in [0.2, 0.25) is 0 Å². The van der Waals surface area contributed by atoms with Gasteiger partial charge in [-0.05, 0) is 26.2 Å². The molecule has 7 heteroatoms. The lowest BCUT2D eigenvalue weighted by molar-refractivity contribution is -0.145. The van der Waals surface area contributed by atoms with Gasteiger partial charge < -0.3 is 10.1 Å². The Morgan fingerprint density at radius 2 is 2.47 bits per heavy atom. The van der Waals surface area contributed by atoms with E-state index >= 15 is 0 Å². The van der Waals surface area contributed by atoms with Crippen LogP contribution in [0.4, 0.5) is 0 Å². The van der Waals surface area contributed by atoms with Crippen LogP contribution in [-0.2, 0) is 16.6 Å². The van der Waals surface area contributed by atoms with Gasteiger partial charge in [0, 0.05) is 18.8 Å². The molecular formula is C12H20N4O2S. The Bertz CT molecular complexity index is 420. The Kier molecular flexibility index (Phi) is 5.21. The molecule has 0 aromatic carbocycles. The topological polar surface area (TPSA) is 69.0 Å². The molecule has 1 aromatic heterocycles. The molecule has 1 atom stereocenters. The molecule has 0 spiro atoms. The number of ether oxygens (including phenoxy) is 1. The van der Waals surface area contributed by atoms with Gasteiger partial charge in [-0.15, -0.1) is 0 Å². The van der Waals surface area contributed by atoms with Crippen molar-refractivity contribution >= 4 is 17.7 Å². The average Bonchev–Trinajstić information content (AvgIpc) is 3.11. The van der Waals surface area contributed by atoms with E-state index < -0.39 is 0 Å². The molecule has 1 saturated carbocycles. The number of aromatic nitrogens is 3. The number of nitrogens with zero attached hydrogens (tertiary/aromatic N) is 3. The van der Waals surface area contributed by atoms with Crippen molar-refractivity contribution in [3.05, 3.63) is 6.33 Å². The summed E-state index contributed by atoms with van der Waals surface area (Å²) in [4.78, 5) is 16.0. The first-order chi connectivity index (χ1) is 9.20. The SMILES string of the molecule is CCOC(=O)C(CCSc1ncnn1C)NC1CC1. The second-order valence-corrected chi connectivity index (χ2v) is 5.61. The molecule has 1 fully saturated rings. The molecule has 106 valence electrons. The second-order valence-electron chi connectivity index (χ2n) is 4.55. The highest BCUT2D eigenvalue weighted by atomic mass is 32.2. The zero-order valence-electron chi connectivity index (χ0n) is 11.3. The van der Waals surface area contributed by atoms with Crippen LogP contribution < -0.4 is 5.32 Å². The number of esters is 1. The summed E-state index contributed by atoms with van der Waals surface area (Å²) in [5.41, 5.74) is 0. The molecule has 0 saturated heterocycles. The standard InChI is InChI=1S/C12H20N4O2S/c1-3-18-11(17)10(15-9-4-5-9)6-7-19-12-13-8-14-16(12)2/h8-10,15H,3-7H2,1-2H3. The van der Waals surface area contributed by atoms with Crippen LogP contribution in [-0.4, -0.2) is 45.2 Å². The number of thioether (sulfide) groups is 1. The number of hydrogen-bond donors (Lipinski definition) is 1. The largest absolute Gasteiger partial charge is 0.465 e. The molecule has 0 bridgehead atoms. The molecule has 1 N–H and O–H groups in total. The summed E-state index contributed by atoms with van der Waals surface area (Å²) in [5.74, 6) is 0.670. The third kappa shape index (κ3) is 4.50. The van der Waals surface area contributed by atoms with E-state index in [0.29, 0.717) is 12.6 Å². The number of carbonyl (C=O) groups excluding carboxylic acids is 1. The lowest BCUT2D eigenvalue weighted by atomic mass is 10.2. The van der Waals surface area contributed by atoms with Crippen LogP contribution in [0.25, 0.3) is 0 Å². The molecule has 6 nitrogen and oxygen atoms in total. The molecule has 1 heterocycles. The van der Waals surface area contributed by atoms with Crippen LogP contribution in [0.15, 0.2) is 11.5 Å². The number of aryl methyl sites for hydroxylation is 1. The molecule has 19 heavy (non-hydrogen) atoms. The van der Waals surface area contributed by atoms with Gasteiger partial charge in [0.25, 0.3) is 0 Å². The Labute approximate surface area is 117 Å². The summed E-state index contributed by atoms with van der Waals surface area (Å²) >= 11 is 1.61. The lowest BCUT2D eigenvalue weighted by Crippen LogP contribution is -2.39. The number of hydrogen-bond acceptors (Lipinski definition) is 6. The van der Waals surface area contributed by atoms with Crippen molar-refractivity contribution in [2.24, 2.45) is 7.05 Å². The minimum absolute atomic E-state index is 0.145. The lowest BCUT2D eigenvalue weighted by Gasteiger charge is -2.16. The minimum atomic E-state index is -0.201. The van der Waals surface area contributed by atoms with Crippen molar-refractivity contribution < 1.29 is 9.53 Å². The van der Waals surface area contributed by atoms with Gasteiger partial charge in [0.15, 0.2) is 5.16 Å². The maximum atomic E-state index is 11.8. The van der Waals surface area contributed by atoms with Crippen molar-refractivity contribution in [3.8, 4) is 0 Å². The molecular weight excluding hydrogens is 264 g/mol. The zero-order valence-corrected chi connectivity index (χ0v) is 12.2. The third-order valence-corrected chi connectivity index (χ3v) is 3.96. The minimum Gasteiger partial charge on any atom is -0.465 e. The summed E-state index contributed by atoms with van der Waals surface area (Å²) in [6.45, 7) is 2.26. The molecule has 0 radical (unpaired) electrons. The van der Waals surface area contributed by atoms with Crippen molar-refractivity contribution in [2.75, 3.05) is 12.4 Å². The van der Waals surface area contributed by atoms with E-state index in [1.165, 1.54) is 6.33 Å². The Morgan fingerprint density at radius 1 is 1.68 bits per heavy atom. The van der Waals surface area contributed by atoms with E-state index in [1.54, 1.807) is 16.4 Å². The molecule has 2 rings (SSSR count). The molecule has 0 amide bonds. The highest BCUT2D eigenvalue weighted by Gasteiger charge is 2.28. The number of rotatable bonds is 8. The van der Waals surface area contributed by atoms with Crippen LogP contribution >= 0.6 is 11.8 Å². The van der Waals surface area contributed by atoms with Crippen LogP contribution in [0, 0.1) is 0 Å². The van der Waals surface area contributed by atoms with Gasteiger partial charge in [-0.25, -0.2) is 9.67 Å². The van der Waals surface area contributed by atoms with E-state index in [0.717, 1.165) is 30.2 Å². The van der Waals surface area contributed by atoms with Gasteiger partial charge in [-0.2, -0.15) is 5.10 Å². The van der Waals surface area contributed by atoms with Gasteiger partial charge >= 0.3 is 5.97 Å². The molecule has 1 unspecified atom stereocenters. The Morgan fingerprint density at radius 3 is 3.05 bits per heavy atom. The molecule has 1 aliphatic rings. The van der Waals surface area contributed by atoms with Crippen LogP contribution in [0.2, 0.25) is 0 Å². The van der Waals surface area contributed by atoms with Gasteiger partial charge in [-0.3, -0.25) is 4.79 Å². The first-order valence-electron chi connectivity index (χ1n) is 6.60. The highest BCUT2D eigenvalue weighted by molar-refractivity contribution is 7.99. The molecule has 1 aliphatic carbocycles. The number of nitrogens with one attached hydrogen (secondary N) is 1. The fourth-order valence-electron chi connectivity index (χ4n) is 1.73. The summed E-state index contributed by atoms with van der Waals surface area (Å²) in [7, 11) is 1.86. The fraction of sp³-hybridized carbons (Fsp3) is 0.750. The highest BCUT2D eigenvalue weighted by Crippen LogP contribution is 2.21. The van der Waals surface area contributed by atoms with Crippen molar-refractivity contribution in [1.82, 2.24) is 20.1 Å². The van der Waals surface area contributed by atoms with Gasteiger partial charge in [0.05, 0.1) is 6.61 Å².